The summed E-state index contributed by atoms with van der Waals surface area (Å²) < 4.78 is 0. The molecule has 0 spiro atoms. The van der Waals surface area contributed by atoms with Gasteiger partial charge in [-0.2, -0.15) is 0 Å². The van der Waals surface area contributed by atoms with Crippen LogP contribution in [0.2, 0.25) is 0 Å². The third kappa shape index (κ3) is 4.27. The topological polar surface area (TPSA) is 84.1 Å². The van der Waals surface area contributed by atoms with E-state index in [1.54, 1.807) is 12.3 Å². The Morgan fingerprint density at radius 3 is 2.79 bits per heavy atom. The van der Waals surface area contributed by atoms with Gasteiger partial charge in [-0.15, -0.1) is 0 Å². The lowest BCUT2D eigenvalue weighted by Crippen LogP contribution is -2.29. The molecule has 6 heteroatoms. The lowest BCUT2D eigenvalue weighted by Gasteiger charge is -2.21. The Morgan fingerprint density at radius 2 is 1.93 bits per heavy atom. The number of hydrogen-bond acceptors (Lipinski definition) is 6. The smallest absolute Gasteiger partial charge is 0.215 e. The van der Waals surface area contributed by atoms with E-state index in [4.69, 9.17) is 5.73 Å². The Morgan fingerprint density at radius 1 is 1.07 bits per heavy atom. The fourth-order valence-corrected chi connectivity index (χ4v) is 3.58. The van der Waals surface area contributed by atoms with E-state index >= 15 is 0 Å². The van der Waals surface area contributed by atoms with Crippen LogP contribution in [0, 0.1) is 6.92 Å². The van der Waals surface area contributed by atoms with Crippen molar-refractivity contribution in [3.63, 3.8) is 0 Å². The summed E-state index contributed by atoms with van der Waals surface area (Å²) in [6, 6.07) is 15.5. The van der Waals surface area contributed by atoms with Crippen LogP contribution >= 0.6 is 0 Å². The number of rotatable bonds is 4. The molecule has 1 saturated heterocycles. The molecule has 1 aliphatic rings. The molecule has 0 atom stereocenters. The first-order chi connectivity index (χ1) is 14.1. The van der Waals surface area contributed by atoms with Crippen LogP contribution in [0.1, 0.15) is 28.0 Å². The minimum absolute atomic E-state index is 0.209. The maximum absolute atomic E-state index is 13.2. The molecule has 0 unspecified atom stereocenters. The molecule has 0 radical (unpaired) electrons. The Kier molecular flexibility index (Phi) is 5.53. The van der Waals surface area contributed by atoms with Gasteiger partial charge in [-0.05, 0) is 43.7 Å². The fraction of sp³-hybridized carbons (Fsp3) is 0.261. The number of nitrogens with two attached hydrogens (primary N) is 1. The van der Waals surface area contributed by atoms with E-state index in [1.165, 1.54) is 0 Å². The van der Waals surface area contributed by atoms with E-state index in [0.717, 1.165) is 55.1 Å². The van der Waals surface area contributed by atoms with Gasteiger partial charge in [0, 0.05) is 31.4 Å². The minimum atomic E-state index is -0.209. The second kappa shape index (κ2) is 8.41. The number of nitrogens with one attached hydrogen (secondary N) is 1. The average Bonchev–Trinajstić information content (AvgIpc) is 3.03. The first kappa shape index (κ1) is 19.1. The molecular formula is C23H25N5O. The second-order valence-electron chi connectivity index (χ2n) is 7.33. The lowest BCUT2D eigenvalue weighted by molar-refractivity contribution is 0.103. The minimum Gasteiger partial charge on any atom is -0.383 e. The molecule has 0 bridgehead atoms. The molecule has 0 aliphatic carbocycles. The van der Waals surface area contributed by atoms with Crippen LogP contribution in [-0.4, -0.2) is 41.9 Å². The number of aryl methyl sites for hydroxylation is 1. The Labute approximate surface area is 170 Å². The average molecular weight is 387 g/mol. The van der Waals surface area contributed by atoms with Gasteiger partial charge in [0.05, 0.1) is 5.56 Å². The van der Waals surface area contributed by atoms with Gasteiger partial charge in [0.1, 0.15) is 17.3 Å². The molecule has 3 N–H and O–H groups in total. The summed E-state index contributed by atoms with van der Waals surface area (Å²) in [6.45, 7) is 5.74. The standard InChI is InChI=1S/C23H25N5O/c1-16-5-2-6-17(13-16)18-14-19(23(24)26-15-18)22(29)20-7-3-8-21(27-20)28-11-4-9-25-10-12-28/h2-3,5-8,13-15,25H,4,9-12H2,1H3,(H2,24,26). The highest BCUT2D eigenvalue weighted by Gasteiger charge is 2.18. The van der Waals surface area contributed by atoms with E-state index in [0.29, 0.717) is 11.3 Å². The second-order valence-corrected chi connectivity index (χ2v) is 7.33. The van der Waals surface area contributed by atoms with Gasteiger partial charge in [0.2, 0.25) is 5.78 Å². The number of carbonyl (C=O) groups excluding carboxylic acids is 1. The van der Waals surface area contributed by atoms with E-state index in [-0.39, 0.29) is 11.6 Å². The van der Waals surface area contributed by atoms with Crippen LogP contribution in [0.5, 0.6) is 0 Å². The van der Waals surface area contributed by atoms with Crippen molar-refractivity contribution >= 4 is 17.4 Å². The lowest BCUT2D eigenvalue weighted by atomic mass is 10.0. The molecule has 0 amide bonds. The van der Waals surface area contributed by atoms with Gasteiger partial charge in [0.15, 0.2) is 0 Å². The van der Waals surface area contributed by atoms with Crippen LogP contribution in [0.4, 0.5) is 11.6 Å². The van der Waals surface area contributed by atoms with E-state index in [9.17, 15) is 4.79 Å². The van der Waals surface area contributed by atoms with Gasteiger partial charge in [-0.1, -0.05) is 35.9 Å². The van der Waals surface area contributed by atoms with E-state index in [2.05, 4.69) is 26.3 Å². The SMILES string of the molecule is Cc1cccc(-c2cnc(N)c(C(=O)c3cccc(N4CCCNCC4)n3)c2)c1. The zero-order chi connectivity index (χ0) is 20.2. The van der Waals surface area contributed by atoms with Crippen molar-refractivity contribution in [1.29, 1.82) is 0 Å². The Hall–Kier alpha value is -3.25. The van der Waals surface area contributed by atoms with Gasteiger partial charge >= 0.3 is 0 Å². The fourth-order valence-electron chi connectivity index (χ4n) is 3.58. The van der Waals surface area contributed by atoms with Crippen molar-refractivity contribution in [2.24, 2.45) is 0 Å². The number of nitrogens with zero attached hydrogens (tertiary/aromatic N) is 3. The quantitative estimate of drug-likeness (QED) is 0.670. The maximum atomic E-state index is 13.2. The first-order valence-corrected chi connectivity index (χ1v) is 9.92. The van der Waals surface area contributed by atoms with Crippen LogP contribution in [-0.2, 0) is 0 Å². The van der Waals surface area contributed by atoms with Crippen molar-refractivity contribution in [1.82, 2.24) is 15.3 Å². The number of nitrogen functional groups attached to an aromatic ring is 1. The molecule has 4 rings (SSSR count). The summed E-state index contributed by atoms with van der Waals surface area (Å²) in [5, 5.41) is 3.38. The summed E-state index contributed by atoms with van der Waals surface area (Å²) in [5.74, 6) is 0.831. The van der Waals surface area contributed by atoms with Gasteiger partial charge in [-0.3, -0.25) is 4.79 Å². The number of carbonyl (C=O) groups is 1. The number of benzene rings is 1. The van der Waals surface area contributed by atoms with Crippen LogP contribution in [0.3, 0.4) is 0 Å². The van der Waals surface area contributed by atoms with Crippen molar-refractivity contribution in [3.05, 3.63) is 71.5 Å². The highest BCUT2D eigenvalue weighted by Crippen LogP contribution is 2.25. The van der Waals surface area contributed by atoms with Gasteiger partial charge in [-0.25, -0.2) is 9.97 Å². The highest BCUT2D eigenvalue weighted by atomic mass is 16.1. The summed E-state index contributed by atoms with van der Waals surface area (Å²) in [6.07, 6.45) is 2.75. The zero-order valence-electron chi connectivity index (χ0n) is 16.6. The highest BCUT2D eigenvalue weighted by molar-refractivity contribution is 6.11. The van der Waals surface area contributed by atoms with Crippen molar-refractivity contribution < 1.29 is 4.79 Å². The third-order valence-electron chi connectivity index (χ3n) is 5.15. The number of hydrogen-bond donors (Lipinski definition) is 2. The van der Waals surface area contributed by atoms with Gasteiger partial charge < -0.3 is 16.0 Å². The summed E-state index contributed by atoms with van der Waals surface area (Å²) in [4.78, 5) is 24.3. The molecule has 148 valence electrons. The van der Waals surface area contributed by atoms with E-state index < -0.39 is 0 Å². The van der Waals surface area contributed by atoms with Gasteiger partial charge in [0.25, 0.3) is 0 Å². The number of ketones is 1. The largest absolute Gasteiger partial charge is 0.383 e. The molecule has 29 heavy (non-hydrogen) atoms. The molecule has 3 aromatic rings. The van der Waals surface area contributed by atoms with Crippen molar-refractivity contribution in [2.75, 3.05) is 36.8 Å². The Balaban J connectivity index is 1.66. The van der Waals surface area contributed by atoms with Crippen LogP contribution in [0.15, 0.2) is 54.7 Å². The molecule has 2 aromatic heterocycles. The zero-order valence-corrected chi connectivity index (χ0v) is 16.6. The maximum Gasteiger partial charge on any atom is 0.215 e. The molecule has 1 fully saturated rings. The summed E-state index contributed by atoms with van der Waals surface area (Å²) >= 11 is 0. The van der Waals surface area contributed by atoms with E-state index in [1.807, 2.05) is 43.3 Å². The predicted molar refractivity (Wildman–Crippen MR) is 116 cm³/mol. The van der Waals surface area contributed by atoms with Crippen LogP contribution in [0.25, 0.3) is 11.1 Å². The molecule has 3 heterocycles. The first-order valence-electron chi connectivity index (χ1n) is 9.92. The Bertz CT molecular complexity index is 1030. The summed E-state index contributed by atoms with van der Waals surface area (Å²) in [7, 11) is 0. The molecule has 1 aliphatic heterocycles. The molecule has 1 aromatic carbocycles. The normalized spacial score (nSPS) is 14.4. The van der Waals surface area contributed by atoms with Crippen LogP contribution < -0.4 is 16.0 Å². The molecule has 0 saturated carbocycles. The third-order valence-corrected chi connectivity index (χ3v) is 5.15. The molecule has 6 nitrogen and oxygen atoms in total. The summed E-state index contributed by atoms with van der Waals surface area (Å²) in [5.41, 5.74) is 9.84. The van der Waals surface area contributed by atoms with Crippen molar-refractivity contribution in [3.8, 4) is 11.1 Å². The van der Waals surface area contributed by atoms with Crippen molar-refractivity contribution in [2.45, 2.75) is 13.3 Å². The predicted octanol–water partition coefficient (Wildman–Crippen LogP) is 3.06. The number of anilines is 2. The number of pyridine rings is 2. The molecular weight excluding hydrogens is 362 g/mol. The number of aromatic nitrogens is 2. The monoisotopic (exact) mass is 387 g/mol.